The van der Waals surface area contributed by atoms with Gasteiger partial charge < -0.3 is 28.9 Å². The van der Waals surface area contributed by atoms with Crippen molar-refractivity contribution in [1.82, 2.24) is 9.88 Å². The second-order valence-electron chi connectivity index (χ2n) is 13.6. The molecule has 2 aromatic rings. The van der Waals surface area contributed by atoms with E-state index in [0.717, 1.165) is 35.9 Å². The molecule has 1 fully saturated rings. The summed E-state index contributed by atoms with van der Waals surface area (Å²) in [5.74, 6) is -1.05. The minimum Gasteiger partial charge on any atom is -0.491 e. The number of nitrogens with one attached hydrogen (secondary N) is 1. The molecule has 0 bridgehead atoms. The highest BCUT2D eigenvalue weighted by atomic mass is 32.1. The number of benzene rings is 1. The fourth-order valence-corrected chi connectivity index (χ4v) is 6.23. The van der Waals surface area contributed by atoms with Gasteiger partial charge in [0.2, 0.25) is 0 Å². The molecule has 14 heteroatoms. The summed E-state index contributed by atoms with van der Waals surface area (Å²) in [7, 11) is -2.25. The van der Waals surface area contributed by atoms with Gasteiger partial charge in [-0.25, -0.2) is 4.79 Å². The van der Waals surface area contributed by atoms with E-state index < -0.39 is 38.1 Å². The van der Waals surface area contributed by atoms with E-state index in [2.05, 4.69) is 10.3 Å². The lowest BCUT2D eigenvalue weighted by molar-refractivity contribution is -0.137. The summed E-state index contributed by atoms with van der Waals surface area (Å²) in [5, 5.41) is 11.6. The monoisotopic (exact) mass is 659 g/mol. The van der Waals surface area contributed by atoms with E-state index in [9.17, 15) is 27.9 Å². The van der Waals surface area contributed by atoms with E-state index >= 15 is 0 Å². The molecule has 1 aromatic carbocycles. The zero-order chi connectivity index (χ0) is 33.1. The van der Waals surface area contributed by atoms with Crippen LogP contribution >= 0.6 is 11.3 Å². The quantitative estimate of drug-likeness (QED) is 0.271. The summed E-state index contributed by atoms with van der Waals surface area (Å²) in [6, 6.07) is 1.76. The van der Waals surface area contributed by atoms with Crippen molar-refractivity contribution in [2.75, 3.05) is 19.8 Å². The number of halogens is 3. The number of carboxylic acid groups (broad SMARTS) is 1. The average molecular weight is 660 g/mol. The van der Waals surface area contributed by atoms with Crippen LogP contribution in [0.3, 0.4) is 0 Å². The van der Waals surface area contributed by atoms with Gasteiger partial charge in [-0.1, -0.05) is 41.5 Å². The van der Waals surface area contributed by atoms with Crippen molar-refractivity contribution in [3.63, 3.8) is 0 Å². The van der Waals surface area contributed by atoms with E-state index in [4.69, 9.17) is 13.9 Å². The third-order valence-corrected chi connectivity index (χ3v) is 13.8. The molecule has 2 heterocycles. The Labute approximate surface area is 261 Å². The van der Waals surface area contributed by atoms with E-state index in [1.807, 2.05) is 65.4 Å². The van der Waals surface area contributed by atoms with Gasteiger partial charge in [-0.2, -0.15) is 18.2 Å². The standard InChI is InChI=1S/C30H44F3N3O6SSi/c1-28(2,3)24-16-36(15-21-10-9-13-40-21)26(43-24)35-25(37)22-14-19(30(31,32)33)11-12-23(22)41-17-20(34-27(38)39)18-42-44(7,8)29(4,5)6/h11-12,14,16,20-21,34H,9-10,13,15,17-18H2,1-8H3,(H,38,39)/t20-,21-/m1/s1. The van der Waals surface area contributed by atoms with Gasteiger partial charge in [0.15, 0.2) is 13.1 Å². The molecule has 2 N–H and O–H groups in total. The molecule has 0 radical (unpaired) electrons. The van der Waals surface area contributed by atoms with Gasteiger partial charge in [-0.05, 0) is 54.6 Å². The number of alkyl halides is 3. The number of hydrogen-bond acceptors (Lipinski definition) is 6. The fourth-order valence-electron chi connectivity index (χ4n) is 4.12. The molecule has 44 heavy (non-hydrogen) atoms. The van der Waals surface area contributed by atoms with Crippen LogP contribution in [0.4, 0.5) is 18.0 Å². The average Bonchev–Trinajstić information content (AvgIpc) is 3.54. The van der Waals surface area contributed by atoms with Gasteiger partial charge >= 0.3 is 12.3 Å². The summed E-state index contributed by atoms with van der Waals surface area (Å²) < 4.78 is 60.6. The van der Waals surface area contributed by atoms with Crippen molar-refractivity contribution >= 4 is 31.7 Å². The summed E-state index contributed by atoms with van der Waals surface area (Å²) in [4.78, 5) is 30.6. The first-order valence-corrected chi connectivity index (χ1v) is 18.3. The van der Waals surface area contributed by atoms with Crippen molar-refractivity contribution in [3.8, 4) is 5.75 Å². The highest BCUT2D eigenvalue weighted by molar-refractivity contribution is 7.09. The summed E-state index contributed by atoms with van der Waals surface area (Å²) >= 11 is 1.29. The highest BCUT2D eigenvalue weighted by Gasteiger charge is 2.38. The molecular weight excluding hydrogens is 615 g/mol. The number of aromatic nitrogens is 1. The van der Waals surface area contributed by atoms with Crippen LogP contribution in [-0.4, -0.2) is 62.0 Å². The minimum absolute atomic E-state index is 0.00883. The predicted molar refractivity (Wildman–Crippen MR) is 165 cm³/mol. The van der Waals surface area contributed by atoms with Crippen molar-refractivity contribution in [1.29, 1.82) is 0 Å². The molecule has 1 aliphatic heterocycles. The van der Waals surface area contributed by atoms with Gasteiger partial charge in [0.1, 0.15) is 12.4 Å². The van der Waals surface area contributed by atoms with Gasteiger partial charge in [0.05, 0.1) is 36.4 Å². The number of carbonyl (C=O) groups excluding carboxylic acids is 1. The lowest BCUT2D eigenvalue weighted by atomic mass is 9.95. The Morgan fingerprint density at radius 3 is 2.41 bits per heavy atom. The maximum Gasteiger partial charge on any atom is 0.416 e. The molecule has 9 nitrogen and oxygen atoms in total. The summed E-state index contributed by atoms with van der Waals surface area (Å²) in [6.07, 6.45) is -2.37. The topological polar surface area (TPSA) is 111 Å². The molecule has 2 atom stereocenters. The molecule has 0 unspecified atom stereocenters. The first-order chi connectivity index (χ1) is 20.2. The van der Waals surface area contributed by atoms with Crippen LogP contribution in [0.15, 0.2) is 29.4 Å². The van der Waals surface area contributed by atoms with Crippen LogP contribution in [0.2, 0.25) is 18.1 Å². The lowest BCUT2D eigenvalue weighted by Crippen LogP contribution is -2.48. The molecular formula is C30H44F3N3O6SSi. The van der Waals surface area contributed by atoms with E-state index in [1.54, 1.807) is 0 Å². The number of thiazole rings is 1. The SMILES string of the molecule is CC(C)(C)c1cn(C[C@H]2CCCO2)c(=NC(=O)c2cc(C(F)(F)F)ccc2OC[C@H](CO[Si](C)(C)C(C)(C)C)NC(=O)O)s1. The summed E-state index contributed by atoms with van der Waals surface area (Å²) in [5.41, 5.74) is -1.66. The van der Waals surface area contributed by atoms with Crippen LogP contribution < -0.4 is 14.9 Å². The number of amides is 2. The second-order valence-corrected chi connectivity index (χ2v) is 19.4. The number of nitrogens with zero attached hydrogens (tertiary/aromatic N) is 2. The van der Waals surface area contributed by atoms with Crippen LogP contribution in [-0.2, 0) is 27.3 Å². The molecule has 3 rings (SSSR count). The maximum absolute atomic E-state index is 13.7. The van der Waals surface area contributed by atoms with Crippen molar-refractivity contribution in [2.24, 2.45) is 4.99 Å². The Bertz CT molecular complexity index is 1390. The third-order valence-electron chi connectivity index (χ3n) is 7.84. The first-order valence-electron chi connectivity index (χ1n) is 14.6. The van der Waals surface area contributed by atoms with Crippen molar-refractivity contribution < 1.29 is 41.8 Å². The Hall–Kier alpha value is -2.68. The van der Waals surface area contributed by atoms with Crippen molar-refractivity contribution in [3.05, 3.63) is 45.2 Å². The Kier molecular flexibility index (Phi) is 11.2. The molecule has 246 valence electrons. The normalized spacial score (nSPS) is 17.5. The largest absolute Gasteiger partial charge is 0.491 e. The smallest absolute Gasteiger partial charge is 0.416 e. The van der Waals surface area contributed by atoms with Gasteiger partial charge in [0.25, 0.3) is 5.91 Å². The van der Waals surface area contributed by atoms with Crippen LogP contribution in [0.25, 0.3) is 0 Å². The first kappa shape index (κ1) is 35.8. The maximum atomic E-state index is 13.7. The molecule has 0 saturated carbocycles. The van der Waals surface area contributed by atoms with Crippen LogP contribution in [0.1, 0.15) is 75.2 Å². The third kappa shape index (κ3) is 9.66. The van der Waals surface area contributed by atoms with Gasteiger partial charge in [0, 0.05) is 17.7 Å². The molecule has 0 aliphatic carbocycles. The van der Waals surface area contributed by atoms with Crippen LogP contribution in [0.5, 0.6) is 5.75 Å². The van der Waals surface area contributed by atoms with Gasteiger partial charge in [-0.3, -0.25) is 4.79 Å². The summed E-state index contributed by atoms with van der Waals surface area (Å²) in [6.45, 7) is 17.1. The molecule has 1 aromatic heterocycles. The Balaban J connectivity index is 1.97. The highest BCUT2D eigenvalue weighted by Crippen LogP contribution is 2.37. The zero-order valence-electron chi connectivity index (χ0n) is 26.6. The molecule has 1 aliphatic rings. The van der Waals surface area contributed by atoms with Crippen molar-refractivity contribution in [2.45, 2.75) is 103 Å². The minimum atomic E-state index is -4.71. The number of hydrogen-bond donors (Lipinski definition) is 2. The zero-order valence-corrected chi connectivity index (χ0v) is 28.4. The lowest BCUT2D eigenvalue weighted by Gasteiger charge is -2.37. The number of rotatable bonds is 10. The fraction of sp³-hybridized carbons (Fsp3) is 0.633. The van der Waals surface area contributed by atoms with Gasteiger partial charge in [-0.15, -0.1) is 11.3 Å². The second kappa shape index (κ2) is 13.8. The number of ether oxygens (including phenoxy) is 2. The number of carbonyl (C=O) groups is 2. The van der Waals surface area contributed by atoms with E-state index in [0.29, 0.717) is 18.0 Å². The Morgan fingerprint density at radius 1 is 1.18 bits per heavy atom. The molecule has 0 spiro atoms. The Morgan fingerprint density at radius 2 is 1.86 bits per heavy atom. The molecule has 2 amide bonds. The van der Waals surface area contributed by atoms with E-state index in [-0.39, 0.29) is 41.1 Å². The molecule has 1 saturated heterocycles. The predicted octanol–water partition coefficient (Wildman–Crippen LogP) is 6.82. The van der Waals surface area contributed by atoms with Crippen LogP contribution in [0, 0.1) is 0 Å². The van der Waals surface area contributed by atoms with E-state index in [1.165, 1.54) is 11.3 Å².